The Hall–Kier alpha value is -0.520. The Bertz CT molecular complexity index is 373. The van der Waals surface area contributed by atoms with Crippen molar-refractivity contribution >= 4 is 33.7 Å². The molecule has 1 rings (SSSR count). The van der Waals surface area contributed by atoms with Gasteiger partial charge in [-0.15, -0.1) is 11.8 Å². The molecule has 0 radical (unpaired) electrons. The third kappa shape index (κ3) is 5.10. The summed E-state index contributed by atoms with van der Waals surface area (Å²) in [6.45, 7) is 2.75. The molecule has 0 spiro atoms. The number of nitrogens with one attached hydrogen (secondary N) is 1. The topological polar surface area (TPSA) is 49.3 Å². The van der Waals surface area contributed by atoms with Crippen molar-refractivity contribution in [2.75, 3.05) is 12.3 Å². The van der Waals surface area contributed by atoms with E-state index in [1.807, 2.05) is 31.2 Å². The van der Waals surface area contributed by atoms with E-state index in [2.05, 4.69) is 21.2 Å². The lowest BCUT2D eigenvalue weighted by Crippen LogP contribution is -2.39. The van der Waals surface area contributed by atoms with E-state index in [1.165, 1.54) is 0 Å². The third-order valence-electron chi connectivity index (χ3n) is 2.18. The van der Waals surface area contributed by atoms with Gasteiger partial charge in [-0.1, -0.05) is 19.1 Å². The minimum atomic E-state index is -0.794. The van der Waals surface area contributed by atoms with E-state index in [0.29, 0.717) is 5.75 Å². The summed E-state index contributed by atoms with van der Waals surface area (Å²) in [5.41, 5.74) is 0. The maximum atomic E-state index is 11.0. The summed E-state index contributed by atoms with van der Waals surface area (Å²) in [4.78, 5) is 12.1. The normalized spacial score (nSPS) is 12.4. The van der Waals surface area contributed by atoms with E-state index in [1.54, 1.807) is 11.8 Å². The van der Waals surface area contributed by atoms with Crippen molar-refractivity contribution in [1.29, 1.82) is 0 Å². The summed E-state index contributed by atoms with van der Waals surface area (Å²) in [6, 6.07) is 7.33. The summed E-state index contributed by atoms with van der Waals surface area (Å²) < 4.78 is 1.00. The summed E-state index contributed by atoms with van der Waals surface area (Å²) >= 11 is 4.99. The first-order valence-corrected chi connectivity index (χ1v) is 7.26. The molecule has 0 amide bonds. The highest BCUT2D eigenvalue weighted by molar-refractivity contribution is 9.10. The number of rotatable bonds is 7. The minimum absolute atomic E-state index is 0.493. The number of hydrogen-bond acceptors (Lipinski definition) is 3. The van der Waals surface area contributed by atoms with Crippen molar-refractivity contribution in [1.82, 2.24) is 5.32 Å². The maximum Gasteiger partial charge on any atom is 0.321 e. The first-order chi connectivity index (χ1) is 8.15. The average Bonchev–Trinajstić information content (AvgIpc) is 2.31. The van der Waals surface area contributed by atoms with Crippen LogP contribution < -0.4 is 5.32 Å². The molecule has 1 unspecified atom stereocenters. The highest BCUT2D eigenvalue weighted by Crippen LogP contribution is 2.27. The van der Waals surface area contributed by atoms with Gasteiger partial charge in [-0.2, -0.15) is 0 Å². The van der Waals surface area contributed by atoms with E-state index < -0.39 is 12.0 Å². The van der Waals surface area contributed by atoms with Gasteiger partial charge in [-0.05, 0) is 41.0 Å². The summed E-state index contributed by atoms with van der Waals surface area (Å²) in [5.74, 6) is -0.268. The maximum absolute atomic E-state index is 11.0. The molecule has 2 N–H and O–H groups in total. The molecular formula is C12H16BrNO2S. The minimum Gasteiger partial charge on any atom is -0.480 e. The lowest BCUT2D eigenvalue weighted by atomic mass is 10.3. The Balaban J connectivity index is 2.52. The predicted octanol–water partition coefficient (Wildman–Crippen LogP) is 2.99. The molecule has 0 aliphatic rings. The Morgan fingerprint density at radius 3 is 2.82 bits per heavy atom. The van der Waals surface area contributed by atoms with Crippen LogP contribution >= 0.6 is 27.7 Å². The van der Waals surface area contributed by atoms with Crippen LogP contribution in [0.3, 0.4) is 0 Å². The predicted molar refractivity (Wildman–Crippen MR) is 74.6 cm³/mol. The lowest BCUT2D eigenvalue weighted by Gasteiger charge is -2.13. The average molecular weight is 318 g/mol. The molecule has 0 aliphatic heterocycles. The molecule has 1 aromatic rings. The Kier molecular flexibility index (Phi) is 6.62. The Labute approximate surface area is 114 Å². The molecule has 94 valence electrons. The van der Waals surface area contributed by atoms with E-state index in [4.69, 9.17) is 5.11 Å². The first kappa shape index (κ1) is 14.5. The van der Waals surface area contributed by atoms with Crippen LogP contribution in [0.5, 0.6) is 0 Å². The monoisotopic (exact) mass is 317 g/mol. The van der Waals surface area contributed by atoms with Gasteiger partial charge in [0, 0.05) is 15.1 Å². The second-order valence-corrected chi connectivity index (χ2v) is 5.50. The van der Waals surface area contributed by atoms with E-state index in [9.17, 15) is 4.79 Å². The van der Waals surface area contributed by atoms with E-state index in [0.717, 1.165) is 22.3 Å². The number of aliphatic carboxylic acids is 1. The number of benzene rings is 1. The molecule has 17 heavy (non-hydrogen) atoms. The van der Waals surface area contributed by atoms with Gasteiger partial charge < -0.3 is 10.4 Å². The highest BCUT2D eigenvalue weighted by Gasteiger charge is 2.16. The lowest BCUT2D eigenvalue weighted by molar-refractivity contribution is -0.138. The molecule has 0 fully saturated rings. The third-order valence-corrected chi connectivity index (χ3v) is 4.30. The molecule has 0 saturated carbocycles. The number of halogens is 1. The fourth-order valence-corrected chi connectivity index (χ4v) is 2.89. The van der Waals surface area contributed by atoms with Gasteiger partial charge in [0.1, 0.15) is 6.04 Å². The van der Waals surface area contributed by atoms with Crippen LogP contribution in [0.15, 0.2) is 33.6 Å². The molecule has 3 nitrogen and oxygen atoms in total. The van der Waals surface area contributed by atoms with Gasteiger partial charge in [0.05, 0.1) is 0 Å². The van der Waals surface area contributed by atoms with Gasteiger partial charge in [0.15, 0.2) is 0 Å². The van der Waals surface area contributed by atoms with Crippen LogP contribution in [0.1, 0.15) is 13.3 Å². The highest BCUT2D eigenvalue weighted by atomic mass is 79.9. The van der Waals surface area contributed by atoms with Crippen LogP contribution in [0.25, 0.3) is 0 Å². The SMILES string of the molecule is CCCNC(CSc1ccccc1Br)C(=O)O. The quantitative estimate of drug-likeness (QED) is 0.759. The van der Waals surface area contributed by atoms with Gasteiger partial charge in [0.25, 0.3) is 0 Å². The summed E-state index contributed by atoms with van der Waals surface area (Å²) in [5, 5.41) is 12.1. The number of carboxylic acids is 1. The number of thioether (sulfide) groups is 1. The molecule has 1 aromatic carbocycles. The van der Waals surface area contributed by atoms with Crippen molar-refractivity contribution in [3.05, 3.63) is 28.7 Å². The fraction of sp³-hybridized carbons (Fsp3) is 0.417. The van der Waals surface area contributed by atoms with Crippen molar-refractivity contribution in [2.45, 2.75) is 24.3 Å². The van der Waals surface area contributed by atoms with Crippen molar-refractivity contribution < 1.29 is 9.90 Å². The molecular weight excluding hydrogens is 302 g/mol. The largest absolute Gasteiger partial charge is 0.480 e. The molecule has 1 atom stereocenters. The van der Waals surface area contributed by atoms with Gasteiger partial charge in [0.2, 0.25) is 0 Å². The smallest absolute Gasteiger partial charge is 0.321 e. The van der Waals surface area contributed by atoms with Crippen molar-refractivity contribution in [3.8, 4) is 0 Å². The first-order valence-electron chi connectivity index (χ1n) is 5.48. The molecule has 0 aromatic heterocycles. The second-order valence-electron chi connectivity index (χ2n) is 3.59. The Morgan fingerprint density at radius 1 is 1.53 bits per heavy atom. The standard InChI is InChI=1S/C12H16BrNO2S/c1-2-7-14-10(12(15)16)8-17-11-6-4-3-5-9(11)13/h3-6,10,14H,2,7-8H2,1H3,(H,15,16). The summed E-state index contributed by atoms with van der Waals surface area (Å²) in [6.07, 6.45) is 0.934. The van der Waals surface area contributed by atoms with E-state index in [-0.39, 0.29) is 0 Å². The molecule has 5 heteroatoms. The van der Waals surface area contributed by atoms with Crippen molar-refractivity contribution in [2.24, 2.45) is 0 Å². The summed E-state index contributed by atoms with van der Waals surface area (Å²) in [7, 11) is 0. The molecule has 0 bridgehead atoms. The van der Waals surface area contributed by atoms with Crippen LogP contribution in [0.4, 0.5) is 0 Å². The molecule has 0 aliphatic carbocycles. The molecule has 0 saturated heterocycles. The fourth-order valence-electron chi connectivity index (χ4n) is 1.27. The van der Waals surface area contributed by atoms with Gasteiger partial charge in [-0.3, -0.25) is 4.79 Å². The molecule has 0 heterocycles. The zero-order valence-corrected chi connectivity index (χ0v) is 12.1. The van der Waals surface area contributed by atoms with Crippen LogP contribution in [-0.4, -0.2) is 29.4 Å². The Morgan fingerprint density at radius 2 is 2.24 bits per heavy atom. The van der Waals surface area contributed by atoms with E-state index >= 15 is 0 Å². The van der Waals surface area contributed by atoms with Crippen LogP contribution in [-0.2, 0) is 4.79 Å². The number of carbonyl (C=O) groups is 1. The van der Waals surface area contributed by atoms with Gasteiger partial charge in [-0.25, -0.2) is 0 Å². The zero-order chi connectivity index (χ0) is 12.7. The number of hydrogen-bond donors (Lipinski definition) is 2. The second kappa shape index (κ2) is 7.74. The van der Waals surface area contributed by atoms with Gasteiger partial charge >= 0.3 is 5.97 Å². The zero-order valence-electron chi connectivity index (χ0n) is 9.65. The van der Waals surface area contributed by atoms with Crippen LogP contribution in [0, 0.1) is 0 Å². The number of carboxylic acid groups (broad SMARTS) is 1. The van der Waals surface area contributed by atoms with Crippen molar-refractivity contribution in [3.63, 3.8) is 0 Å². The van der Waals surface area contributed by atoms with Crippen LogP contribution in [0.2, 0.25) is 0 Å².